The van der Waals surface area contributed by atoms with Gasteiger partial charge < -0.3 is 5.11 Å². The second-order valence-electron chi connectivity index (χ2n) is 3.38. The Bertz CT molecular complexity index is 429. The van der Waals surface area contributed by atoms with Gasteiger partial charge in [0.25, 0.3) is 0 Å². The molecule has 0 amide bonds. The third-order valence-electron chi connectivity index (χ3n) is 2.13. The van der Waals surface area contributed by atoms with Crippen molar-refractivity contribution in [3.8, 4) is 0 Å². The molecule has 2 nitrogen and oxygen atoms in total. The van der Waals surface area contributed by atoms with Gasteiger partial charge in [0.15, 0.2) is 0 Å². The van der Waals surface area contributed by atoms with Crippen molar-refractivity contribution in [3.63, 3.8) is 0 Å². The Balaban J connectivity index is 3.29. The van der Waals surface area contributed by atoms with Gasteiger partial charge in [0, 0.05) is 5.56 Å². The van der Waals surface area contributed by atoms with Crippen LogP contribution in [0.3, 0.4) is 0 Å². The summed E-state index contributed by atoms with van der Waals surface area (Å²) in [6.45, 7) is 0. The lowest BCUT2D eigenvalue weighted by molar-refractivity contribution is -0.239. The van der Waals surface area contributed by atoms with Gasteiger partial charge in [-0.15, -0.1) is 0 Å². The normalized spacial score (nSPS) is 15.4. The van der Waals surface area contributed by atoms with Crippen molar-refractivity contribution in [2.75, 3.05) is 0 Å². The predicted molar refractivity (Wildman–Crippen MR) is 47.5 cm³/mol. The summed E-state index contributed by atoms with van der Waals surface area (Å²) in [5.41, 5.74) is -5.16. The molecule has 0 aromatic heterocycles. The van der Waals surface area contributed by atoms with Crippen molar-refractivity contribution >= 4 is 5.97 Å². The van der Waals surface area contributed by atoms with Crippen LogP contribution in [-0.4, -0.2) is 17.3 Å². The molecular weight excluding hydrogens is 247 g/mol. The lowest BCUT2D eigenvalue weighted by atomic mass is 9.91. The van der Waals surface area contributed by atoms with Gasteiger partial charge in [-0.25, -0.2) is 8.78 Å². The van der Waals surface area contributed by atoms with E-state index < -0.39 is 35.6 Å². The molecular formula is C10H7F5O2. The molecule has 0 aliphatic carbocycles. The monoisotopic (exact) mass is 254 g/mol. The minimum Gasteiger partial charge on any atom is -0.481 e. The van der Waals surface area contributed by atoms with Crippen LogP contribution in [0.15, 0.2) is 24.3 Å². The number of carbonyl (C=O) groups is 1. The topological polar surface area (TPSA) is 37.3 Å². The summed E-state index contributed by atoms with van der Waals surface area (Å²) < 4.78 is 64.1. The van der Waals surface area contributed by atoms with Gasteiger partial charge in [0.05, 0.1) is 6.42 Å². The maximum atomic E-state index is 13.8. The first-order valence-corrected chi connectivity index (χ1v) is 4.40. The number of benzene rings is 1. The molecule has 0 saturated heterocycles. The fraction of sp³-hybridized carbons (Fsp3) is 0.300. The first-order chi connectivity index (χ1) is 7.67. The molecule has 0 bridgehead atoms. The van der Waals surface area contributed by atoms with Gasteiger partial charge in [-0.05, 0) is 12.1 Å². The molecule has 0 fully saturated rings. The van der Waals surface area contributed by atoms with Crippen LogP contribution in [0, 0.1) is 5.82 Å². The van der Waals surface area contributed by atoms with Gasteiger partial charge >= 0.3 is 12.1 Å². The third-order valence-corrected chi connectivity index (χ3v) is 2.13. The molecule has 0 saturated carbocycles. The summed E-state index contributed by atoms with van der Waals surface area (Å²) in [6, 6.07) is 2.74. The number of hydrogen-bond donors (Lipinski definition) is 1. The predicted octanol–water partition coefficient (Wildman–Crippen LogP) is 3.03. The van der Waals surface area contributed by atoms with Crippen LogP contribution in [0.5, 0.6) is 0 Å². The second-order valence-corrected chi connectivity index (χ2v) is 3.38. The zero-order valence-electron chi connectivity index (χ0n) is 8.26. The Morgan fingerprint density at radius 1 is 1.24 bits per heavy atom. The van der Waals surface area contributed by atoms with E-state index in [1.807, 2.05) is 0 Å². The smallest absolute Gasteiger partial charge is 0.427 e. The van der Waals surface area contributed by atoms with Crippen LogP contribution in [-0.2, 0) is 10.5 Å². The molecule has 0 radical (unpaired) electrons. The fourth-order valence-electron chi connectivity index (χ4n) is 1.31. The van der Waals surface area contributed by atoms with Crippen LogP contribution >= 0.6 is 0 Å². The highest BCUT2D eigenvalue weighted by Crippen LogP contribution is 2.45. The Labute approximate surface area is 92.7 Å². The van der Waals surface area contributed by atoms with Gasteiger partial charge in [-0.2, -0.15) is 13.2 Å². The lowest BCUT2D eigenvalue weighted by Crippen LogP contribution is -2.40. The largest absolute Gasteiger partial charge is 0.481 e. The maximum Gasteiger partial charge on any atom is 0.427 e. The Morgan fingerprint density at radius 3 is 2.24 bits per heavy atom. The number of carboxylic acids is 1. The van der Waals surface area contributed by atoms with E-state index in [-0.39, 0.29) is 0 Å². The van der Waals surface area contributed by atoms with Crippen LogP contribution < -0.4 is 0 Å². The minimum absolute atomic E-state index is 0.330. The summed E-state index contributed by atoms with van der Waals surface area (Å²) in [5, 5.41) is 8.31. The van der Waals surface area contributed by atoms with E-state index in [2.05, 4.69) is 0 Å². The lowest BCUT2D eigenvalue weighted by Gasteiger charge is -2.26. The second kappa shape index (κ2) is 4.31. The highest BCUT2D eigenvalue weighted by atomic mass is 19.4. The standard InChI is InChI=1S/C10H7F5O2/c11-7-3-1-2-6(4-7)9(12,5-8(16)17)10(13,14)15/h1-4H,5H2,(H,16,17). The molecule has 1 rings (SSSR count). The number of aliphatic carboxylic acids is 1. The average molecular weight is 254 g/mol. The number of alkyl halides is 4. The van der Waals surface area contributed by atoms with E-state index in [1.54, 1.807) is 0 Å². The van der Waals surface area contributed by atoms with Crippen molar-refractivity contribution < 1.29 is 31.9 Å². The molecule has 1 atom stereocenters. The molecule has 0 spiro atoms. The van der Waals surface area contributed by atoms with Crippen LogP contribution in [0.25, 0.3) is 0 Å². The van der Waals surface area contributed by atoms with E-state index in [1.165, 1.54) is 0 Å². The first-order valence-electron chi connectivity index (χ1n) is 4.40. The van der Waals surface area contributed by atoms with E-state index >= 15 is 0 Å². The number of carboxylic acid groups (broad SMARTS) is 1. The van der Waals surface area contributed by atoms with Gasteiger partial charge in [-0.3, -0.25) is 4.79 Å². The van der Waals surface area contributed by atoms with Crippen LogP contribution in [0.2, 0.25) is 0 Å². The van der Waals surface area contributed by atoms with Crippen molar-refractivity contribution in [3.05, 3.63) is 35.6 Å². The van der Waals surface area contributed by atoms with Crippen molar-refractivity contribution in [1.82, 2.24) is 0 Å². The first kappa shape index (κ1) is 13.4. The molecule has 1 aromatic rings. The Morgan fingerprint density at radius 2 is 1.82 bits per heavy atom. The van der Waals surface area contributed by atoms with E-state index in [0.717, 1.165) is 12.1 Å². The summed E-state index contributed by atoms with van der Waals surface area (Å²) in [6.07, 6.45) is -7.24. The SMILES string of the molecule is O=C(O)CC(F)(c1cccc(F)c1)C(F)(F)F. The highest BCUT2D eigenvalue weighted by molar-refractivity contribution is 5.69. The van der Waals surface area contributed by atoms with Crippen molar-refractivity contribution in [2.24, 2.45) is 0 Å². The highest BCUT2D eigenvalue weighted by Gasteiger charge is 2.58. The summed E-state index contributed by atoms with van der Waals surface area (Å²) >= 11 is 0. The van der Waals surface area contributed by atoms with E-state index in [0.29, 0.717) is 12.1 Å². The minimum atomic E-state index is -5.43. The zero-order valence-corrected chi connectivity index (χ0v) is 8.26. The molecule has 0 aliphatic heterocycles. The maximum absolute atomic E-state index is 13.8. The Kier molecular flexibility index (Phi) is 3.40. The van der Waals surface area contributed by atoms with Crippen molar-refractivity contribution in [2.45, 2.75) is 18.3 Å². The average Bonchev–Trinajstić information content (AvgIpc) is 2.14. The molecule has 7 heteroatoms. The quantitative estimate of drug-likeness (QED) is 0.842. The molecule has 1 unspecified atom stereocenters. The molecule has 1 aromatic carbocycles. The molecule has 94 valence electrons. The van der Waals surface area contributed by atoms with E-state index in [4.69, 9.17) is 5.11 Å². The van der Waals surface area contributed by atoms with Crippen LogP contribution in [0.1, 0.15) is 12.0 Å². The number of halogens is 5. The zero-order chi connectivity index (χ0) is 13.3. The summed E-state index contributed by atoms with van der Waals surface area (Å²) in [7, 11) is 0. The van der Waals surface area contributed by atoms with Crippen LogP contribution in [0.4, 0.5) is 22.0 Å². The molecule has 17 heavy (non-hydrogen) atoms. The van der Waals surface area contributed by atoms with Gasteiger partial charge in [0.2, 0.25) is 5.67 Å². The fourth-order valence-corrected chi connectivity index (χ4v) is 1.31. The third kappa shape index (κ3) is 2.72. The van der Waals surface area contributed by atoms with E-state index in [9.17, 15) is 26.7 Å². The number of rotatable bonds is 3. The molecule has 0 aliphatic rings. The van der Waals surface area contributed by atoms with Crippen molar-refractivity contribution in [1.29, 1.82) is 0 Å². The summed E-state index contributed by atoms with van der Waals surface area (Å²) in [4.78, 5) is 10.3. The molecule has 1 N–H and O–H groups in total. The Hall–Kier alpha value is -1.66. The van der Waals surface area contributed by atoms with Gasteiger partial charge in [-0.1, -0.05) is 12.1 Å². The van der Waals surface area contributed by atoms with Gasteiger partial charge in [0.1, 0.15) is 5.82 Å². The number of hydrogen-bond acceptors (Lipinski definition) is 1. The summed E-state index contributed by atoms with van der Waals surface area (Å²) in [5.74, 6) is -3.03. The molecule has 0 heterocycles.